The summed E-state index contributed by atoms with van der Waals surface area (Å²) in [5, 5.41) is 21.3. The van der Waals surface area contributed by atoms with Crippen molar-refractivity contribution in [2.75, 3.05) is 4.72 Å². The third kappa shape index (κ3) is 4.55. The lowest BCUT2D eigenvalue weighted by atomic mass is 10.2. The molecule has 0 saturated carbocycles. The number of anilines is 1. The van der Waals surface area contributed by atoms with Crippen LogP contribution in [-0.4, -0.2) is 18.3 Å². The Kier molecular flexibility index (Phi) is 5.09. The molecule has 1 N–H and O–H groups in total. The zero-order chi connectivity index (χ0) is 18.8. The van der Waals surface area contributed by atoms with Gasteiger partial charge in [-0.15, -0.1) is 0 Å². The van der Waals surface area contributed by atoms with Crippen LogP contribution in [0.25, 0.3) is 0 Å². The molecule has 132 valence electrons. The Balaban J connectivity index is 2.24. The third-order valence-corrected chi connectivity index (χ3v) is 4.18. The van der Waals surface area contributed by atoms with Gasteiger partial charge in [-0.3, -0.25) is 20.2 Å². The predicted molar refractivity (Wildman–Crippen MR) is 89.1 cm³/mol. The van der Waals surface area contributed by atoms with E-state index in [-0.39, 0.29) is 27.8 Å². The second-order valence-electron chi connectivity index (χ2n) is 4.77. The van der Waals surface area contributed by atoms with Gasteiger partial charge in [0.15, 0.2) is 5.75 Å². The molecule has 0 unspecified atom stereocenters. The number of hydrogen-bond donors (Lipinski definition) is 1. The van der Waals surface area contributed by atoms with Crippen LogP contribution < -0.4 is 8.91 Å². The molecular formula is C13H10ClN3O7S. The average molecular weight is 388 g/mol. The highest BCUT2D eigenvalue weighted by molar-refractivity contribution is 7.88. The van der Waals surface area contributed by atoms with Gasteiger partial charge in [0, 0.05) is 17.7 Å². The van der Waals surface area contributed by atoms with Gasteiger partial charge in [-0.2, -0.15) is 8.42 Å². The van der Waals surface area contributed by atoms with Crippen molar-refractivity contribution < 1.29 is 22.4 Å². The van der Waals surface area contributed by atoms with Crippen LogP contribution in [-0.2, 0) is 10.3 Å². The average Bonchev–Trinajstić information content (AvgIpc) is 2.50. The lowest BCUT2D eigenvalue weighted by Gasteiger charge is -2.10. The van der Waals surface area contributed by atoms with Gasteiger partial charge < -0.3 is 4.18 Å². The smallest absolute Gasteiger partial charge is 0.367 e. The number of halogens is 1. The Hall–Kier alpha value is -2.92. The van der Waals surface area contributed by atoms with Gasteiger partial charge in [-0.1, -0.05) is 11.6 Å². The van der Waals surface area contributed by atoms with Gasteiger partial charge in [0.25, 0.3) is 11.4 Å². The van der Waals surface area contributed by atoms with E-state index in [0.29, 0.717) is 5.56 Å². The highest BCUT2D eigenvalue weighted by atomic mass is 35.5. The van der Waals surface area contributed by atoms with Crippen molar-refractivity contribution in [1.82, 2.24) is 0 Å². The number of nitrogens with zero attached hydrogens (tertiary/aromatic N) is 2. The molecule has 0 atom stereocenters. The Morgan fingerprint density at radius 1 is 1.08 bits per heavy atom. The first-order valence-corrected chi connectivity index (χ1v) is 8.29. The van der Waals surface area contributed by atoms with Crippen molar-refractivity contribution in [2.45, 2.75) is 6.92 Å². The molecule has 0 aliphatic carbocycles. The van der Waals surface area contributed by atoms with Crippen molar-refractivity contribution in [3.63, 3.8) is 0 Å². The highest BCUT2D eigenvalue weighted by Gasteiger charge is 2.19. The van der Waals surface area contributed by atoms with E-state index in [0.717, 1.165) is 24.3 Å². The number of nitrogens with one attached hydrogen (secondary N) is 1. The molecule has 2 aromatic carbocycles. The second kappa shape index (κ2) is 6.91. The van der Waals surface area contributed by atoms with E-state index in [2.05, 4.69) is 0 Å². The van der Waals surface area contributed by atoms with E-state index in [9.17, 15) is 28.6 Å². The lowest BCUT2D eigenvalue weighted by Crippen LogP contribution is -2.19. The molecule has 2 aromatic rings. The normalized spacial score (nSPS) is 11.0. The van der Waals surface area contributed by atoms with Gasteiger partial charge >= 0.3 is 10.3 Å². The third-order valence-electron chi connectivity index (χ3n) is 2.98. The van der Waals surface area contributed by atoms with E-state index in [1.165, 1.54) is 19.1 Å². The van der Waals surface area contributed by atoms with Crippen LogP contribution in [0.15, 0.2) is 36.4 Å². The van der Waals surface area contributed by atoms with E-state index < -0.39 is 20.2 Å². The van der Waals surface area contributed by atoms with Crippen molar-refractivity contribution in [2.24, 2.45) is 0 Å². The maximum Gasteiger partial charge on any atom is 0.407 e. The summed E-state index contributed by atoms with van der Waals surface area (Å²) >= 11 is 5.79. The van der Waals surface area contributed by atoms with Crippen molar-refractivity contribution in [1.29, 1.82) is 0 Å². The number of benzene rings is 2. The summed E-state index contributed by atoms with van der Waals surface area (Å²) in [6.07, 6.45) is 0. The zero-order valence-corrected chi connectivity index (χ0v) is 14.1. The minimum absolute atomic E-state index is 0.145. The number of hydrogen-bond acceptors (Lipinski definition) is 7. The number of non-ortho nitro benzene ring substituents is 1. The molecule has 0 fully saturated rings. The maximum absolute atomic E-state index is 12.0. The highest BCUT2D eigenvalue weighted by Crippen LogP contribution is 2.29. The van der Waals surface area contributed by atoms with E-state index in [1.807, 2.05) is 4.72 Å². The van der Waals surface area contributed by atoms with E-state index in [1.54, 1.807) is 0 Å². The summed E-state index contributed by atoms with van der Waals surface area (Å²) in [5.74, 6) is -0.275. The number of rotatable bonds is 6. The molecule has 0 radical (unpaired) electrons. The molecular weight excluding hydrogens is 378 g/mol. The minimum Gasteiger partial charge on any atom is -0.367 e. The van der Waals surface area contributed by atoms with Crippen LogP contribution in [0, 0.1) is 27.2 Å². The Morgan fingerprint density at radius 2 is 1.76 bits per heavy atom. The van der Waals surface area contributed by atoms with Crippen LogP contribution in [0.4, 0.5) is 17.1 Å². The summed E-state index contributed by atoms with van der Waals surface area (Å²) in [7, 11) is -4.43. The monoisotopic (exact) mass is 387 g/mol. The Morgan fingerprint density at radius 3 is 2.32 bits per heavy atom. The number of aryl methyl sites for hydroxylation is 1. The van der Waals surface area contributed by atoms with Gasteiger partial charge in [0.05, 0.1) is 26.6 Å². The van der Waals surface area contributed by atoms with Crippen LogP contribution in [0.3, 0.4) is 0 Å². The molecule has 0 amide bonds. The number of nitro groups is 2. The van der Waals surface area contributed by atoms with Crippen LogP contribution >= 0.6 is 11.6 Å². The largest absolute Gasteiger partial charge is 0.407 e. The molecule has 0 aliphatic heterocycles. The predicted octanol–water partition coefficient (Wildman–Crippen LogP) is 3.20. The molecule has 10 nitrogen and oxygen atoms in total. The summed E-state index contributed by atoms with van der Waals surface area (Å²) in [6, 6.07) is 6.67. The molecule has 0 spiro atoms. The molecule has 0 aliphatic rings. The quantitative estimate of drug-likeness (QED) is 0.592. The number of nitro benzene ring substituents is 2. The van der Waals surface area contributed by atoms with Crippen molar-refractivity contribution in [3.05, 3.63) is 67.2 Å². The molecule has 0 saturated heterocycles. The molecule has 0 bridgehead atoms. The van der Waals surface area contributed by atoms with Gasteiger partial charge in [0.1, 0.15) is 0 Å². The maximum atomic E-state index is 12.0. The van der Waals surface area contributed by atoms with Crippen LogP contribution in [0.2, 0.25) is 5.02 Å². The lowest BCUT2D eigenvalue weighted by molar-refractivity contribution is -0.385. The van der Waals surface area contributed by atoms with Gasteiger partial charge in [-0.05, 0) is 25.1 Å². The SMILES string of the molecule is Cc1ccc(OS(=O)(=O)Nc2ccc([N+](=O)[O-])cc2Cl)cc1[N+](=O)[O-]. The second-order valence-corrected chi connectivity index (χ2v) is 6.45. The Bertz CT molecular complexity index is 962. The fourth-order valence-electron chi connectivity index (χ4n) is 1.82. The first-order valence-electron chi connectivity index (χ1n) is 6.50. The van der Waals surface area contributed by atoms with Crippen molar-refractivity contribution >= 4 is 39.0 Å². The summed E-state index contributed by atoms with van der Waals surface area (Å²) < 4.78 is 30.8. The summed E-state index contributed by atoms with van der Waals surface area (Å²) in [6.45, 7) is 1.49. The minimum atomic E-state index is -4.43. The molecule has 0 aromatic heterocycles. The molecule has 0 heterocycles. The standard InChI is InChI=1S/C13H10ClN3O7S/c1-8-2-4-10(7-13(8)17(20)21)24-25(22,23)15-12-5-3-9(16(18)19)6-11(12)14/h2-7,15H,1H3. The first-order chi connectivity index (χ1) is 11.6. The van der Waals surface area contributed by atoms with Crippen LogP contribution in [0.1, 0.15) is 5.56 Å². The van der Waals surface area contributed by atoms with Crippen molar-refractivity contribution in [3.8, 4) is 5.75 Å². The van der Waals surface area contributed by atoms with E-state index >= 15 is 0 Å². The van der Waals surface area contributed by atoms with E-state index in [4.69, 9.17) is 15.8 Å². The summed E-state index contributed by atoms with van der Waals surface area (Å²) in [5.41, 5.74) is -0.431. The summed E-state index contributed by atoms with van der Waals surface area (Å²) in [4.78, 5) is 20.1. The topological polar surface area (TPSA) is 142 Å². The Labute approximate surface area is 146 Å². The van der Waals surface area contributed by atoms with Gasteiger partial charge in [-0.25, -0.2) is 4.72 Å². The zero-order valence-electron chi connectivity index (χ0n) is 12.5. The van der Waals surface area contributed by atoms with Crippen LogP contribution in [0.5, 0.6) is 5.75 Å². The fourth-order valence-corrected chi connectivity index (χ4v) is 2.94. The fraction of sp³-hybridized carbons (Fsp3) is 0.0769. The molecule has 25 heavy (non-hydrogen) atoms. The van der Waals surface area contributed by atoms with Gasteiger partial charge in [0.2, 0.25) is 0 Å². The molecule has 12 heteroatoms. The first kappa shape index (κ1) is 18.4. The molecule has 2 rings (SSSR count).